The molecule has 2 saturated carbocycles. The van der Waals surface area contributed by atoms with Gasteiger partial charge in [0, 0.05) is 18.3 Å². The van der Waals surface area contributed by atoms with Gasteiger partial charge in [0.05, 0.1) is 5.56 Å². The summed E-state index contributed by atoms with van der Waals surface area (Å²) in [6.45, 7) is 1.60. The maximum Gasteiger partial charge on any atom is 0.340 e. The fourth-order valence-electron chi connectivity index (χ4n) is 2.71. The maximum atomic E-state index is 12.1. The van der Waals surface area contributed by atoms with E-state index in [9.17, 15) is 9.59 Å². The molecule has 3 rings (SSSR count). The summed E-state index contributed by atoms with van der Waals surface area (Å²) in [5, 5.41) is 6.19. The fourth-order valence-corrected chi connectivity index (χ4v) is 2.71. The van der Waals surface area contributed by atoms with Crippen molar-refractivity contribution in [1.82, 2.24) is 10.3 Å². The topological polar surface area (TPSA) is 80.3 Å². The van der Waals surface area contributed by atoms with Crippen LogP contribution in [0.2, 0.25) is 0 Å². The summed E-state index contributed by atoms with van der Waals surface area (Å²) in [7, 11) is 0. The van der Waals surface area contributed by atoms with Crippen LogP contribution in [-0.4, -0.2) is 35.0 Å². The second kappa shape index (κ2) is 6.98. The highest BCUT2D eigenvalue weighted by Crippen LogP contribution is 2.23. The molecule has 2 fully saturated rings. The summed E-state index contributed by atoms with van der Waals surface area (Å²) in [6, 6.07) is 4.16. The molecule has 6 nitrogen and oxygen atoms in total. The van der Waals surface area contributed by atoms with E-state index in [0.717, 1.165) is 31.5 Å². The lowest BCUT2D eigenvalue weighted by molar-refractivity contribution is -0.129. The summed E-state index contributed by atoms with van der Waals surface area (Å²) in [6.07, 6.45) is 7.31. The molecular formula is C17H23N3O3. The summed E-state index contributed by atoms with van der Waals surface area (Å²) < 4.78 is 5.23. The van der Waals surface area contributed by atoms with Gasteiger partial charge in [0.25, 0.3) is 5.91 Å². The van der Waals surface area contributed by atoms with E-state index in [1.165, 1.54) is 19.0 Å². The third kappa shape index (κ3) is 4.43. The van der Waals surface area contributed by atoms with Gasteiger partial charge in [-0.05, 0) is 44.7 Å². The number of carbonyl (C=O) groups is 2. The van der Waals surface area contributed by atoms with E-state index in [4.69, 9.17) is 4.74 Å². The molecule has 0 radical (unpaired) electrons. The monoisotopic (exact) mass is 317 g/mol. The van der Waals surface area contributed by atoms with Crippen LogP contribution >= 0.6 is 0 Å². The molecule has 6 heteroatoms. The van der Waals surface area contributed by atoms with E-state index in [1.54, 1.807) is 19.1 Å². The van der Waals surface area contributed by atoms with Gasteiger partial charge in [-0.1, -0.05) is 12.8 Å². The van der Waals surface area contributed by atoms with Crippen LogP contribution in [0.3, 0.4) is 0 Å². The maximum absolute atomic E-state index is 12.1. The zero-order chi connectivity index (χ0) is 16.2. The molecule has 23 heavy (non-hydrogen) atoms. The van der Waals surface area contributed by atoms with Crippen LogP contribution in [0.4, 0.5) is 5.82 Å². The first kappa shape index (κ1) is 15.8. The molecule has 1 unspecified atom stereocenters. The summed E-state index contributed by atoms with van der Waals surface area (Å²) in [4.78, 5) is 28.3. The zero-order valence-corrected chi connectivity index (χ0v) is 13.4. The predicted octanol–water partition coefficient (Wildman–Crippen LogP) is 2.26. The Balaban J connectivity index is 1.49. The van der Waals surface area contributed by atoms with E-state index in [1.807, 2.05) is 0 Å². The second-order valence-electron chi connectivity index (χ2n) is 6.39. The molecule has 0 saturated heterocycles. The molecule has 1 heterocycles. The minimum Gasteiger partial charge on any atom is -0.449 e. The minimum absolute atomic E-state index is 0.220. The van der Waals surface area contributed by atoms with E-state index >= 15 is 0 Å². The van der Waals surface area contributed by atoms with Gasteiger partial charge in [0.2, 0.25) is 0 Å². The third-order valence-electron chi connectivity index (χ3n) is 4.28. The molecule has 1 aromatic heterocycles. The SMILES string of the molecule is CC(OC(=O)c1ccc(NC2CC2)nc1)C(=O)NC1CCCC1. The molecule has 1 amide bonds. The van der Waals surface area contributed by atoms with Crippen molar-refractivity contribution in [3.8, 4) is 0 Å². The van der Waals surface area contributed by atoms with E-state index in [2.05, 4.69) is 15.6 Å². The predicted molar refractivity (Wildman–Crippen MR) is 86.2 cm³/mol. The number of amides is 1. The highest BCUT2D eigenvalue weighted by molar-refractivity contribution is 5.92. The van der Waals surface area contributed by atoms with Crippen molar-refractivity contribution in [1.29, 1.82) is 0 Å². The molecule has 2 aliphatic carbocycles. The number of rotatable bonds is 6. The Morgan fingerprint density at radius 3 is 2.52 bits per heavy atom. The molecule has 1 atom stereocenters. The highest BCUT2D eigenvalue weighted by atomic mass is 16.5. The molecule has 0 spiro atoms. The van der Waals surface area contributed by atoms with Crippen molar-refractivity contribution in [3.05, 3.63) is 23.9 Å². The number of aromatic nitrogens is 1. The number of nitrogens with one attached hydrogen (secondary N) is 2. The first-order chi connectivity index (χ1) is 11.1. The average Bonchev–Trinajstić information content (AvgIpc) is 3.21. The number of ether oxygens (including phenoxy) is 1. The van der Waals surface area contributed by atoms with Crippen LogP contribution in [0.1, 0.15) is 55.8 Å². The Hall–Kier alpha value is -2.11. The molecule has 0 aromatic carbocycles. The van der Waals surface area contributed by atoms with Gasteiger partial charge in [-0.15, -0.1) is 0 Å². The molecule has 1 aromatic rings. The Kier molecular flexibility index (Phi) is 4.79. The number of carbonyl (C=O) groups excluding carboxylic acids is 2. The Labute approximate surface area is 136 Å². The number of esters is 1. The van der Waals surface area contributed by atoms with Gasteiger partial charge in [0.15, 0.2) is 6.10 Å². The first-order valence-electron chi connectivity index (χ1n) is 8.36. The number of nitrogens with zero attached hydrogens (tertiary/aromatic N) is 1. The Bertz CT molecular complexity index is 563. The lowest BCUT2D eigenvalue weighted by Crippen LogP contribution is -2.40. The molecular weight excluding hydrogens is 294 g/mol. The van der Waals surface area contributed by atoms with Crippen LogP contribution in [0, 0.1) is 0 Å². The van der Waals surface area contributed by atoms with Crippen molar-refractivity contribution in [2.24, 2.45) is 0 Å². The van der Waals surface area contributed by atoms with Gasteiger partial charge >= 0.3 is 5.97 Å². The molecule has 0 aliphatic heterocycles. The Morgan fingerprint density at radius 2 is 1.91 bits per heavy atom. The van der Waals surface area contributed by atoms with Crippen molar-refractivity contribution in [2.75, 3.05) is 5.32 Å². The molecule has 2 N–H and O–H groups in total. The molecule has 124 valence electrons. The number of anilines is 1. The Morgan fingerprint density at radius 1 is 1.17 bits per heavy atom. The van der Waals surface area contributed by atoms with Crippen LogP contribution < -0.4 is 10.6 Å². The van der Waals surface area contributed by atoms with Gasteiger partial charge in [-0.3, -0.25) is 4.79 Å². The van der Waals surface area contributed by atoms with Gasteiger partial charge in [0.1, 0.15) is 5.82 Å². The lowest BCUT2D eigenvalue weighted by atomic mass is 10.2. The van der Waals surface area contributed by atoms with Crippen molar-refractivity contribution in [2.45, 2.75) is 63.6 Å². The van der Waals surface area contributed by atoms with Crippen molar-refractivity contribution >= 4 is 17.7 Å². The number of hydrogen-bond acceptors (Lipinski definition) is 5. The van der Waals surface area contributed by atoms with E-state index < -0.39 is 12.1 Å². The smallest absolute Gasteiger partial charge is 0.340 e. The largest absolute Gasteiger partial charge is 0.449 e. The van der Waals surface area contributed by atoms with Crippen LogP contribution in [0.15, 0.2) is 18.3 Å². The average molecular weight is 317 g/mol. The van der Waals surface area contributed by atoms with Gasteiger partial charge in [-0.2, -0.15) is 0 Å². The third-order valence-corrected chi connectivity index (χ3v) is 4.28. The first-order valence-corrected chi connectivity index (χ1v) is 8.36. The van der Waals surface area contributed by atoms with Gasteiger partial charge < -0.3 is 15.4 Å². The van der Waals surface area contributed by atoms with Crippen LogP contribution in [-0.2, 0) is 9.53 Å². The fraction of sp³-hybridized carbons (Fsp3) is 0.588. The minimum atomic E-state index is -0.799. The van der Waals surface area contributed by atoms with E-state index in [0.29, 0.717) is 11.6 Å². The van der Waals surface area contributed by atoms with Crippen molar-refractivity contribution in [3.63, 3.8) is 0 Å². The lowest BCUT2D eigenvalue weighted by Gasteiger charge is -2.17. The number of hydrogen-bond donors (Lipinski definition) is 2. The summed E-state index contributed by atoms with van der Waals surface area (Å²) >= 11 is 0. The number of pyridine rings is 1. The van der Waals surface area contributed by atoms with Crippen LogP contribution in [0.5, 0.6) is 0 Å². The quantitative estimate of drug-likeness (QED) is 0.787. The van der Waals surface area contributed by atoms with Gasteiger partial charge in [-0.25, -0.2) is 9.78 Å². The zero-order valence-electron chi connectivity index (χ0n) is 13.4. The standard InChI is InChI=1S/C17H23N3O3/c1-11(16(21)20-13-4-2-3-5-13)23-17(22)12-6-9-15(18-10-12)19-14-7-8-14/h6,9-11,13-14H,2-5,7-8H2,1H3,(H,18,19)(H,20,21). The highest BCUT2D eigenvalue weighted by Gasteiger charge is 2.24. The van der Waals surface area contributed by atoms with Crippen LogP contribution in [0.25, 0.3) is 0 Å². The second-order valence-corrected chi connectivity index (χ2v) is 6.39. The summed E-state index contributed by atoms with van der Waals surface area (Å²) in [5.41, 5.74) is 0.354. The van der Waals surface area contributed by atoms with E-state index in [-0.39, 0.29) is 11.9 Å². The summed E-state index contributed by atoms with van der Waals surface area (Å²) in [5.74, 6) is 0.00542. The molecule has 2 aliphatic rings. The van der Waals surface area contributed by atoms with Crippen molar-refractivity contribution < 1.29 is 14.3 Å². The normalized spacial score (nSPS) is 19.2. The molecule has 0 bridgehead atoms.